The van der Waals surface area contributed by atoms with Crippen LogP contribution in [0.3, 0.4) is 0 Å². The number of hydrogen-bond acceptors (Lipinski definition) is 4. The van der Waals surface area contributed by atoms with Crippen LogP contribution in [0.1, 0.15) is 12.8 Å². The molecule has 1 N–H and O–H groups in total. The molecular weight excluding hydrogens is 407 g/mol. The summed E-state index contributed by atoms with van der Waals surface area (Å²) in [5, 5.41) is 12.6. The number of piperidine rings is 1. The quantitative estimate of drug-likeness (QED) is 0.614. The maximum absolute atomic E-state index is 12.8. The summed E-state index contributed by atoms with van der Waals surface area (Å²) in [7, 11) is 0. The molecule has 1 aliphatic heterocycles. The Labute approximate surface area is 179 Å². The maximum atomic E-state index is 12.8. The van der Waals surface area contributed by atoms with Crippen LogP contribution in [-0.2, 0) is 4.79 Å². The van der Waals surface area contributed by atoms with Gasteiger partial charge in [-0.2, -0.15) is 0 Å². The Morgan fingerprint density at radius 3 is 2.59 bits per heavy atom. The van der Waals surface area contributed by atoms with Gasteiger partial charge in [0.15, 0.2) is 5.82 Å². The van der Waals surface area contributed by atoms with Crippen LogP contribution in [0.25, 0.3) is 11.3 Å². The van der Waals surface area contributed by atoms with Crippen LogP contribution in [0.5, 0.6) is 0 Å². The van der Waals surface area contributed by atoms with E-state index in [9.17, 15) is 4.79 Å². The zero-order valence-corrected chi connectivity index (χ0v) is 17.2. The number of nitrogens with zero attached hydrogens (tertiary/aromatic N) is 3. The van der Waals surface area contributed by atoms with Crippen molar-refractivity contribution in [3.05, 3.63) is 70.7 Å². The molecule has 3 aromatic rings. The Kier molecular flexibility index (Phi) is 5.97. The Bertz CT molecular complexity index is 995. The van der Waals surface area contributed by atoms with Gasteiger partial charge in [0.25, 0.3) is 0 Å². The van der Waals surface area contributed by atoms with Crippen molar-refractivity contribution >= 4 is 40.6 Å². The van der Waals surface area contributed by atoms with E-state index in [1.54, 1.807) is 18.2 Å². The highest BCUT2D eigenvalue weighted by molar-refractivity contribution is 6.36. The van der Waals surface area contributed by atoms with Crippen LogP contribution in [0.2, 0.25) is 10.0 Å². The summed E-state index contributed by atoms with van der Waals surface area (Å²) in [5.74, 6) is 0.589. The minimum Gasteiger partial charge on any atom is -0.354 e. The highest BCUT2D eigenvalue weighted by Crippen LogP contribution is 2.28. The van der Waals surface area contributed by atoms with E-state index in [1.807, 2.05) is 42.5 Å². The molecule has 1 fully saturated rings. The number of hydrogen-bond donors (Lipinski definition) is 1. The van der Waals surface area contributed by atoms with E-state index in [0.717, 1.165) is 36.5 Å². The Morgan fingerprint density at radius 1 is 1.03 bits per heavy atom. The van der Waals surface area contributed by atoms with Gasteiger partial charge in [-0.3, -0.25) is 4.79 Å². The van der Waals surface area contributed by atoms with E-state index < -0.39 is 0 Å². The molecule has 1 atom stereocenters. The summed E-state index contributed by atoms with van der Waals surface area (Å²) in [5.41, 5.74) is 2.44. The molecule has 0 spiro atoms. The highest BCUT2D eigenvalue weighted by Gasteiger charge is 2.27. The van der Waals surface area contributed by atoms with Crippen LogP contribution < -0.4 is 10.2 Å². The molecule has 0 radical (unpaired) electrons. The lowest BCUT2D eigenvalue weighted by molar-refractivity contribution is -0.120. The number of carbonyl (C=O) groups is 1. The lowest BCUT2D eigenvalue weighted by Gasteiger charge is -2.32. The van der Waals surface area contributed by atoms with Gasteiger partial charge in [-0.05, 0) is 43.2 Å². The minimum atomic E-state index is -0.147. The zero-order chi connectivity index (χ0) is 20.2. The smallest absolute Gasteiger partial charge is 0.229 e. The second kappa shape index (κ2) is 8.80. The van der Waals surface area contributed by atoms with Gasteiger partial charge in [-0.15, -0.1) is 10.2 Å². The SMILES string of the molecule is O=C(Nc1ccc(Cl)cc1Cl)C1CCCN(c2ccc(-c3ccccc3)nn2)C1. The van der Waals surface area contributed by atoms with Gasteiger partial charge in [0.2, 0.25) is 5.91 Å². The van der Waals surface area contributed by atoms with E-state index in [2.05, 4.69) is 20.4 Å². The van der Waals surface area contributed by atoms with Gasteiger partial charge in [0.05, 0.1) is 22.3 Å². The van der Waals surface area contributed by atoms with E-state index in [1.165, 1.54) is 0 Å². The second-order valence-corrected chi connectivity index (χ2v) is 7.89. The number of anilines is 2. The normalized spacial score (nSPS) is 16.5. The zero-order valence-electron chi connectivity index (χ0n) is 15.7. The van der Waals surface area contributed by atoms with Gasteiger partial charge >= 0.3 is 0 Å². The third-order valence-electron chi connectivity index (χ3n) is 5.03. The van der Waals surface area contributed by atoms with Crippen LogP contribution >= 0.6 is 23.2 Å². The molecule has 1 aromatic heterocycles. The summed E-state index contributed by atoms with van der Waals surface area (Å²) in [4.78, 5) is 14.9. The monoisotopic (exact) mass is 426 g/mol. The molecule has 29 heavy (non-hydrogen) atoms. The van der Waals surface area contributed by atoms with Crippen molar-refractivity contribution in [1.29, 1.82) is 0 Å². The molecule has 0 aliphatic carbocycles. The molecular formula is C22H20Cl2N4O. The first-order valence-electron chi connectivity index (χ1n) is 9.50. The van der Waals surface area contributed by atoms with Crippen molar-refractivity contribution in [2.24, 2.45) is 5.92 Å². The standard InChI is InChI=1S/C22H20Cl2N4O/c23-17-8-9-20(18(24)13-17)25-22(29)16-7-4-12-28(14-16)21-11-10-19(26-27-21)15-5-2-1-3-6-15/h1-3,5-6,8-11,13,16H,4,7,12,14H2,(H,25,29). The van der Waals surface area contributed by atoms with E-state index in [0.29, 0.717) is 22.3 Å². The molecule has 5 nitrogen and oxygen atoms in total. The molecule has 0 bridgehead atoms. The number of halogens is 2. The van der Waals surface area contributed by atoms with Gasteiger partial charge in [0, 0.05) is 23.7 Å². The second-order valence-electron chi connectivity index (χ2n) is 7.04. The molecule has 1 unspecified atom stereocenters. The van der Waals surface area contributed by atoms with Crippen LogP contribution in [0.15, 0.2) is 60.7 Å². The van der Waals surface area contributed by atoms with Crippen molar-refractivity contribution in [2.75, 3.05) is 23.3 Å². The average molecular weight is 427 g/mol. The number of amides is 1. The summed E-state index contributed by atoms with van der Waals surface area (Å²) in [6, 6.07) is 18.9. The van der Waals surface area contributed by atoms with Crippen molar-refractivity contribution < 1.29 is 4.79 Å². The summed E-state index contributed by atoms with van der Waals surface area (Å²) >= 11 is 12.1. The number of aromatic nitrogens is 2. The molecule has 148 valence electrons. The molecule has 1 amide bonds. The van der Waals surface area contributed by atoms with E-state index in [4.69, 9.17) is 23.2 Å². The minimum absolute atomic E-state index is 0.0483. The van der Waals surface area contributed by atoms with E-state index in [-0.39, 0.29) is 11.8 Å². The average Bonchev–Trinajstić information content (AvgIpc) is 2.76. The fourth-order valence-electron chi connectivity index (χ4n) is 3.48. The predicted octanol–water partition coefficient (Wildman–Crippen LogP) is 5.31. The van der Waals surface area contributed by atoms with Crippen molar-refractivity contribution in [2.45, 2.75) is 12.8 Å². The molecule has 2 aromatic carbocycles. The van der Waals surface area contributed by atoms with Gasteiger partial charge in [0.1, 0.15) is 0 Å². The third kappa shape index (κ3) is 4.69. The third-order valence-corrected chi connectivity index (χ3v) is 5.57. The first-order valence-corrected chi connectivity index (χ1v) is 10.3. The summed E-state index contributed by atoms with van der Waals surface area (Å²) in [6.07, 6.45) is 1.73. The van der Waals surface area contributed by atoms with Gasteiger partial charge in [-0.1, -0.05) is 53.5 Å². The lowest BCUT2D eigenvalue weighted by Crippen LogP contribution is -2.41. The predicted molar refractivity (Wildman–Crippen MR) is 117 cm³/mol. The topological polar surface area (TPSA) is 58.1 Å². The summed E-state index contributed by atoms with van der Waals surface area (Å²) < 4.78 is 0. The van der Waals surface area contributed by atoms with E-state index >= 15 is 0 Å². The van der Waals surface area contributed by atoms with Crippen molar-refractivity contribution in [1.82, 2.24) is 10.2 Å². The fraction of sp³-hybridized carbons (Fsp3) is 0.227. The van der Waals surface area contributed by atoms with Crippen molar-refractivity contribution in [3.63, 3.8) is 0 Å². The molecule has 2 heterocycles. The Morgan fingerprint density at radius 2 is 1.86 bits per heavy atom. The fourth-order valence-corrected chi connectivity index (χ4v) is 3.94. The van der Waals surface area contributed by atoms with Crippen LogP contribution in [0.4, 0.5) is 11.5 Å². The Balaban J connectivity index is 1.43. The molecule has 1 aliphatic rings. The molecule has 4 rings (SSSR count). The van der Waals surface area contributed by atoms with Gasteiger partial charge in [-0.25, -0.2) is 0 Å². The first-order chi connectivity index (χ1) is 14.1. The number of rotatable bonds is 4. The number of nitrogens with one attached hydrogen (secondary N) is 1. The lowest BCUT2D eigenvalue weighted by atomic mass is 9.97. The summed E-state index contributed by atoms with van der Waals surface area (Å²) in [6.45, 7) is 1.45. The Hall–Kier alpha value is -2.63. The first kappa shape index (κ1) is 19.7. The van der Waals surface area contributed by atoms with Crippen LogP contribution in [0, 0.1) is 5.92 Å². The maximum Gasteiger partial charge on any atom is 0.229 e. The molecule has 1 saturated heterocycles. The van der Waals surface area contributed by atoms with Gasteiger partial charge < -0.3 is 10.2 Å². The number of benzene rings is 2. The molecule has 7 heteroatoms. The number of carbonyl (C=O) groups excluding carboxylic acids is 1. The molecule has 0 saturated carbocycles. The largest absolute Gasteiger partial charge is 0.354 e. The van der Waals surface area contributed by atoms with Crippen molar-refractivity contribution in [3.8, 4) is 11.3 Å². The highest BCUT2D eigenvalue weighted by atomic mass is 35.5. The van der Waals surface area contributed by atoms with Crippen LogP contribution in [-0.4, -0.2) is 29.2 Å².